The van der Waals surface area contributed by atoms with E-state index in [9.17, 15) is 9.59 Å². The predicted molar refractivity (Wildman–Crippen MR) is 137 cm³/mol. The summed E-state index contributed by atoms with van der Waals surface area (Å²) in [5.41, 5.74) is 5.58. The molecule has 9 nitrogen and oxygen atoms in total. The summed E-state index contributed by atoms with van der Waals surface area (Å²) in [7, 11) is 4.38. The Balaban J connectivity index is 1.83. The van der Waals surface area contributed by atoms with Gasteiger partial charge in [-0.2, -0.15) is 0 Å². The lowest BCUT2D eigenvalue weighted by Gasteiger charge is -2.15. The van der Waals surface area contributed by atoms with E-state index >= 15 is 0 Å². The molecule has 35 heavy (non-hydrogen) atoms. The lowest BCUT2D eigenvalue weighted by molar-refractivity contribution is 0.0934. The second-order valence-corrected chi connectivity index (χ2v) is 7.97. The number of methoxy groups -OCH3 is 3. The number of benzene rings is 2. The molecular weight excluding hydrogens is 470 g/mol. The standard InChI is InChI=1S/C25H33N3O6S/c1-5-6-7-8-9-14-34-19-12-10-17(11-13-19)23(29)26-25(35)28-27-24(30)18-15-20(31-2)22(33-4)21(16-18)32-3/h10-13,15-16H,5-9,14H2,1-4H3,(H,27,30)(H2,26,28,29,35). The molecule has 2 rings (SSSR count). The average molecular weight is 504 g/mol. The molecule has 0 spiro atoms. The van der Waals surface area contributed by atoms with E-state index < -0.39 is 11.8 Å². The van der Waals surface area contributed by atoms with Crippen LogP contribution < -0.4 is 35.1 Å². The number of hydrazine groups is 1. The third kappa shape index (κ3) is 8.64. The minimum absolute atomic E-state index is 0.0665. The average Bonchev–Trinajstić information content (AvgIpc) is 2.88. The number of hydrogen-bond donors (Lipinski definition) is 3. The van der Waals surface area contributed by atoms with E-state index in [1.807, 2.05) is 0 Å². The smallest absolute Gasteiger partial charge is 0.269 e. The van der Waals surface area contributed by atoms with Gasteiger partial charge in [-0.3, -0.25) is 25.8 Å². The van der Waals surface area contributed by atoms with Crippen LogP contribution in [-0.2, 0) is 0 Å². The van der Waals surface area contributed by atoms with Crippen molar-refractivity contribution in [3.8, 4) is 23.0 Å². The van der Waals surface area contributed by atoms with Crippen LogP contribution in [0.3, 0.4) is 0 Å². The van der Waals surface area contributed by atoms with Crippen molar-refractivity contribution >= 4 is 29.1 Å². The second kappa shape index (κ2) is 14.7. The van der Waals surface area contributed by atoms with Crippen LogP contribution >= 0.6 is 12.2 Å². The fraction of sp³-hybridized carbons (Fsp3) is 0.400. The SMILES string of the molecule is CCCCCCCOc1ccc(C(=O)NC(=S)NNC(=O)c2cc(OC)c(OC)c(OC)c2)cc1. The molecule has 190 valence electrons. The Hall–Kier alpha value is -3.53. The monoisotopic (exact) mass is 503 g/mol. The maximum atomic E-state index is 12.5. The Morgan fingerprint density at radius 2 is 1.43 bits per heavy atom. The van der Waals surface area contributed by atoms with Crippen molar-refractivity contribution in [2.75, 3.05) is 27.9 Å². The van der Waals surface area contributed by atoms with Crippen molar-refractivity contribution in [3.05, 3.63) is 47.5 Å². The Bertz CT molecular complexity index is 972. The summed E-state index contributed by atoms with van der Waals surface area (Å²) in [5, 5.41) is 2.45. The molecule has 0 bridgehead atoms. The Morgan fingerprint density at radius 3 is 2.00 bits per heavy atom. The van der Waals surface area contributed by atoms with E-state index in [2.05, 4.69) is 23.1 Å². The van der Waals surface area contributed by atoms with E-state index in [4.69, 9.17) is 31.2 Å². The van der Waals surface area contributed by atoms with Crippen LogP contribution in [0.4, 0.5) is 0 Å². The van der Waals surface area contributed by atoms with E-state index in [1.165, 1.54) is 52.7 Å². The number of amides is 2. The van der Waals surface area contributed by atoms with Crippen LogP contribution in [0.5, 0.6) is 23.0 Å². The Morgan fingerprint density at radius 1 is 0.800 bits per heavy atom. The minimum atomic E-state index is -0.517. The van der Waals surface area contributed by atoms with Gasteiger partial charge in [0.25, 0.3) is 11.8 Å². The van der Waals surface area contributed by atoms with Crippen molar-refractivity contribution in [2.24, 2.45) is 0 Å². The van der Waals surface area contributed by atoms with Crippen LogP contribution in [0.15, 0.2) is 36.4 Å². The van der Waals surface area contributed by atoms with Gasteiger partial charge in [-0.05, 0) is 55.0 Å². The molecule has 2 amide bonds. The summed E-state index contributed by atoms with van der Waals surface area (Å²) >= 11 is 5.11. The minimum Gasteiger partial charge on any atom is -0.494 e. The molecular formula is C25H33N3O6S. The zero-order valence-electron chi connectivity index (χ0n) is 20.6. The first-order valence-corrected chi connectivity index (χ1v) is 11.8. The van der Waals surface area contributed by atoms with Gasteiger partial charge in [0.1, 0.15) is 5.75 Å². The summed E-state index contributed by atoms with van der Waals surface area (Å²) < 4.78 is 21.5. The fourth-order valence-corrected chi connectivity index (χ4v) is 3.35. The molecule has 2 aromatic rings. The van der Waals surface area contributed by atoms with Gasteiger partial charge >= 0.3 is 0 Å². The molecule has 0 aliphatic heterocycles. The van der Waals surface area contributed by atoms with Crippen molar-refractivity contribution in [1.82, 2.24) is 16.2 Å². The van der Waals surface area contributed by atoms with Crippen molar-refractivity contribution in [3.63, 3.8) is 0 Å². The van der Waals surface area contributed by atoms with Gasteiger partial charge in [0.2, 0.25) is 5.75 Å². The molecule has 3 N–H and O–H groups in total. The van der Waals surface area contributed by atoms with Crippen LogP contribution in [0, 0.1) is 0 Å². The molecule has 0 saturated carbocycles. The summed E-state index contributed by atoms with van der Waals surface area (Å²) in [6, 6.07) is 9.77. The van der Waals surface area contributed by atoms with Crippen LogP contribution in [-0.4, -0.2) is 44.9 Å². The molecule has 0 fully saturated rings. The van der Waals surface area contributed by atoms with Gasteiger partial charge in [-0.15, -0.1) is 0 Å². The molecule has 0 atom stereocenters. The van der Waals surface area contributed by atoms with E-state index in [1.54, 1.807) is 24.3 Å². The highest BCUT2D eigenvalue weighted by Gasteiger charge is 2.17. The van der Waals surface area contributed by atoms with Gasteiger partial charge in [0, 0.05) is 11.1 Å². The molecule has 0 aliphatic rings. The van der Waals surface area contributed by atoms with Crippen LogP contribution in [0.2, 0.25) is 0 Å². The van der Waals surface area contributed by atoms with Gasteiger partial charge < -0.3 is 18.9 Å². The summed E-state index contributed by atoms with van der Waals surface area (Å²) in [4.78, 5) is 25.0. The molecule has 0 saturated heterocycles. The maximum absolute atomic E-state index is 12.5. The van der Waals surface area contributed by atoms with Gasteiger partial charge in [0.05, 0.1) is 27.9 Å². The number of rotatable bonds is 12. The first-order chi connectivity index (χ1) is 16.9. The third-order valence-electron chi connectivity index (χ3n) is 5.08. The maximum Gasteiger partial charge on any atom is 0.269 e. The number of unbranched alkanes of at least 4 members (excludes halogenated alkanes) is 4. The second-order valence-electron chi connectivity index (χ2n) is 7.56. The summed E-state index contributed by atoms with van der Waals surface area (Å²) in [5.74, 6) is 0.794. The highest BCUT2D eigenvalue weighted by atomic mass is 32.1. The third-order valence-corrected chi connectivity index (χ3v) is 5.28. The number of ether oxygens (including phenoxy) is 4. The highest BCUT2D eigenvalue weighted by molar-refractivity contribution is 7.80. The van der Waals surface area contributed by atoms with Crippen molar-refractivity contribution in [2.45, 2.75) is 39.0 Å². The summed E-state index contributed by atoms with van der Waals surface area (Å²) in [6.45, 7) is 2.83. The highest BCUT2D eigenvalue weighted by Crippen LogP contribution is 2.38. The lowest BCUT2D eigenvalue weighted by atomic mass is 10.1. The van der Waals surface area contributed by atoms with Gasteiger partial charge in [0.15, 0.2) is 16.6 Å². The summed E-state index contributed by atoms with van der Waals surface area (Å²) in [6.07, 6.45) is 5.83. The lowest BCUT2D eigenvalue weighted by Crippen LogP contribution is -2.48. The van der Waals surface area contributed by atoms with E-state index in [0.717, 1.165) is 12.8 Å². The molecule has 0 aromatic heterocycles. The topological polar surface area (TPSA) is 107 Å². The number of hydrogen-bond acceptors (Lipinski definition) is 7. The molecule has 0 heterocycles. The Labute approximate surface area is 211 Å². The zero-order valence-corrected chi connectivity index (χ0v) is 21.4. The number of carbonyl (C=O) groups excluding carboxylic acids is 2. The fourth-order valence-electron chi connectivity index (χ4n) is 3.20. The molecule has 0 aliphatic carbocycles. The van der Waals surface area contributed by atoms with Crippen molar-refractivity contribution < 1.29 is 28.5 Å². The van der Waals surface area contributed by atoms with Crippen LogP contribution in [0.1, 0.15) is 59.7 Å². The van der Waals surface area contributed by atoms with Gasteiger partial charge in [-0.25, -0.2) is 0 Å². The number of carbonyl (C=O) groups is 2. The quantitative estimate of drug-likeness (QED) is 0.227. The van der Waals surface area contributed by atoms with E-state index in [0.29, 0.717) is 35.2 Å². The van der Waals surface area contributed by atoms with Crippen LogP contribution in [0.25, 0.3) is 0 Å². The molecule has 0 unspecified atom stereocenters. The molecule has 0 radical (unpaired) electrons. The first-order valence-electron chi connectivity index (χ1n) is 11.4. The van der Waals surface area contributed by atoms with E-state index in [-0.39, 0.29) is 10.7 Å². The predicted octanol–water partition coefficient (Wildman–Crippen LogP) is 4.01. The van der Waals surface area contributed by atoms with Crippen molar-refractivity contribution in [1.29, 1.82) is 0 Å². The number of thiocarbonyl (C=S) groups is 1. The largest absolute Gasteiger partial charge is 0.494 e. The molecule has 2 aromatic carbocycles. The first kappa shape index (κ1) is 27.7. The Kier molecular flexibility index (Phi) is 11.6. The molecule has 10 heteroatoms. The zero-order chi connectivity index (χ0) is 25.6. The number of nitrogens with one attached hydrogen (secondary N) is 3. The van der Waals surface area contributed by atoms with Gasteiger partial charge in [-0.1, -0.05) is 32.6 Å². The normalized spacial score (nSPS) is 10.2.